The minimum absolute atomic E-state index is 0.753. The second-order valence-corrected chi connectivity index (χ2v) is 6.85. The van der Waals surface area contributed by atoms with Gasteiger partial charge in [0.25, 0.3) is 0 Å². The number of piperazine rings is 1. The van der Waals surface area contributed by atoms with Crippen LogP contribution in [0.25, 0.3) is 0 Å². The van der Waals surface area contributed by atoms with Crippen molar-refractivity contribution in [2.75, 3.05) is 19.6 Å². The molecule has 1 heterocycles. The van der Waals surface area contributed by atoms with Crippen LogP contribution in [-0.2, 0) is 0 Å². The Morgan fingerprint density at radius 2 is 1.89 bits per heavy atom. The van der Waals surface area contributed by atoms with Crippen LogP contribution in [0.3, 0.4) is 0 Å². The van der Waals surface area contributed by atoms with Crippen LogP contribution in [0.1, 0.15) is 58.3 Å². The predicted molar refractivity (Wildman–Crippen MR) is 76.7 cm³/mol. The van der Waals surface area contributed by atoms with Crippen molar-refractivity contribution in [3.8, 4) is 0 Å². The van der Waals surface area contributed by atoms with Crippen molar-refractivity contribution in [1.29, 1.82) is 0 Å². The zero-order chi connectivity index (χ0) is 12.4. The van der Waals surface area contributed by atoms with Gasteiger partial charge in [0.2, 0.25) is 0 Å². The van der Waals surface area contributed by atoms with Crippen molar-refractivity contribution < 1.29 is 0 Å². The van der Waals surface area contributed by atoms with Crippen molar-refractivity contribution >= 4 is 0 Å². The first-order valence-corrected chi connectivity index (χ1v) is 8.34. The zero-order valence-corrected chi connectivity index (χ0v) is 12.0. The fourth-order valence-corrected chi connectivity index (χ4v) is 4.02. The van der Waals surface area contributed by atoms with Gasteiger partial charge in [-0.2, -0.15) is 0 Å². The molecular formula is C16H30N2. The molecule has 2 atom stereocenters. The van der Waals surface area contributed by atoms with E-state index in [0.717, 1.165) is 23.9 Å². The Balaban J connectivity index is 1.51. The summed E-state index contributed by atoms with van der Waals surface area (Å²) >= 11 is 0. The van der Waals surface area contributed by atoms with Crippen molar-refractivity contribution in [3.05, 3.63) is 0 Å². The second-order valence-electron chi connectivity index (χ2n) is 6.85. The maximum Gasteiger partial charge on any atom is 0.0249 e. The molecule has 2 aliphatic carbocycles. The molecule has 3 aliphatic rings. The lowest BCUT2D eigenvalue weighted by Gasteiger charge is -2.41. The first kappa shape index (κ1) is 12.9. The van der Waals surface area contributed by atoms with E-state index in [9.17, 15) is 0 Å². The molecule has 0 aromatic carbocycles. The summed E-state index contributed by atoms with van der Waals surface area (Å²) < 4.78 is 0. The fraction of sp³-hybridized carbons (Fsp3) is 1.00. The predicted octanol–water partition coefficient (Wildman–Crippen LogP) is 3.03. The molecule has 0 aromatic rings. The molecule has 2 heteroatoms. The van der Waals surface area contributed by atoms with Crippen LogP contribution in [0, 0.1) is 11.8 Å². The highest BCUT2D eigenvalue weighted by molar-refractivity contribution is 4.95. The topological polar surface area (TPSA) is 15.3 Å². The summed E-state index contributed by atoms with van der Waals surface area (Å²) in [6.07, 6.45) is 11.8. The number of rotatable bonds is 5. The van der Waals surface area contributed by atoms with E-state index in [0.29, 0.717) is 0 Å². The molecule has 104 valence electrons. The first-order valence-electron chi connectivity index (χ1n) is 8.34. The van der Waals surface area contributed by atoms with E-state index >= 15 is 0 Å². The van der Waals surface area contributed by atoms with Crippen LogP contribution in [0.2, 0.25) is 0 Å². The van der Waals surface area contributed by atoms with E-state index in [1.807, 2.05) is 0 Å². The zero-order valence-electron chi connectivity index (χ0n) is 12.0. The number of hydrogen-bond donors (Lipinski definition) is 1. The van der Waals surface area contributed by atoms with Gasteiger partial charge in [-0.15, -0.1) is 0 Å². The van der Waals surface area contributed by atoms with E-state index < -0.39 is 0 Å². The molecule has 0 spiro atoms. The molecule has 2 nitrogen and oxygen atoms in total. The van der Waals surface area contributed by atoms with Crippen LogP contribution in [0.15, 0.2) is 0 Å². The summed E-state index contributed by atoms with van der Waals surface area (Å²) in [6.45, 7) is 6.27. The smallest absolute Gasteiger partial charge is 0.0249 e. The average Bonchev–Trinajstić information content (AvgIpc) is 3.12. The van der Waals surface area contributed by atoms with Gasteiger partial charge in [-0.05, 0) is 44.1 Å². The van der Waals surface area contributed by atoms with Gasteiger partial charge in [0.1, 0.15) is 0 Å². The Hall–Kier alpha value is -0.0800. The van der Waals surface area contributed by atoms with Crippen molar-refractivity contribution in [2.45, 2.75) is 70.4 Å². The normalized spacial score (nSPS) is 35.2. The largest absolute Gasteiger partial charge is 0.311 e. The summed E-state index contributed by atoms with van der Waals surface area (Å²) in [4.78, 5) is 2.85. The van der Waals surface area contributed by atoms with Gasteiger partial charge in [0, 0.05) is 25.2 Å². The Bertz CT molecular complexity index is 256. The number of nitrogens with zero attached hydrogens (tertiary/aromatic N) is 1. The van der Waals surface area contributed by atoms with Crippen molar-refractivity contribution in [2.24, 2.45) is 11.8 Å². The molecule has 0 radical (unpaired) electrons. The molecule has 18 heavy (non-hydrogen) atoms. The van der Waals surface area contributed by atoms with Crippen LogP contribution < -0.4 is 5.32 Å². The molecule has 2 unspecified atom stereocenters. The first-order chi connectivity index (χ1) is 8.86. The van der Waals surface area contributed by atoms with Crippen LogP contribution in [-0.4, -0.2) is 36.6 Å². The Kier molecular flexibility index (Phi) is 4.25. The molecule has 3 fully saturated rings. The quantitative estimate of drug-likeness (QED) is 0.807. The van der Waals surface area contributed by atoms with Crippen LogP contribution >= 0.6 is 0 Å². The molecule has 0 aromatic heterocycles. The molecule has 1 N–H and O–H groups in total. The van der Waals surface area contributed by atoms with Gasteiger partial charge in [-0.25, -0.2) is 0 Å². The molecule has 3 rings (SSSR count). The summed E-state index contributed by atoms with van der Waals surface area (Å²) in [5.41, 5.74) is 0. The minimum atomic E-state index is 0.753. The Morgan fingerprint density at radius 1 is 1.11 bits per heavy atom. The maximum absolute atomic E-state index is 3.76. The van der Waals surface area contributed by atoms with Gasteiger partial charge in [-0.3, -0.25) is 4.90 Å². The fourth-order valence-electron chi connectivity index (χ4n) is 4.02. The van der Waals surface area contributed by atoms with Crippen LogP contribution in [0.5, 0.6) is 0 Å². The summed E-state index contributed by atoms with van der Waals surface area (Å²) in [5.74, 6) is 2.08. The summed E-state index contributed by atoms with van der Waals surface area (Å²) in [5, 5.41) is 3.76. The monoisotopic (exact) mass is 250 g/mol. The Labute approximate surface area is 113 Å². The van der Waals surface area contributed by atoms with E-state index in [1.165, 1.54) is 71.0 Å². The lowest BCUT2D eigenvalue weighted by molar-refractivity contribution is 0.106. The van der Waals surface area contributed by atoms with Gasteiger partial charge in [0.15, 0.2) is 0 Å². The summed E-state index contributed by atoms with van der Waals surface area (Å²) in [6, 6.07) is 1.62. The number of hydrogen-bond acceptors (Lipinski definition) is 2. The molecule has 2 saturated carbocycles. The highest BCUT2D eigenvalue weighted by Gasteiger charge is 2.38. The van der Waals surface area contributed by atoms with Crippen LogP contribution in [0.4, 0.5) is 0 Å². The lowest BCUT2D eigenvalue weighted by Crippen LogP contribution is -2.57. The highest BCUT2D eigenvalue weighted by Crippen LogP contribution is 2.37. The minimum Gasteiger partial charge on any atom is -0.311 e. The second kappa shape index (κ2) is 5.92. The average molecular weight is 250 g/mol. The third kappa shape index (κ3) is 3.08. The molecule has 0 bridgehead atoms. The van der Waals surface area contributed by atoms with Crippen molar-refractivity contribution in [3.63, 3.8) is 0 Å². The maximum atomic E-state index is 3.76. The third-order valence-corrected chi connectivity index (χ3v) is 5.50. The van der Waals surface area contributed by atoms with Gasteiger partial charge >= 0.3 is 0 Å². The Morgan fingerprint density at radius 3 is 2.56 bits per heavy atom. The van der Waals surface area contributed by atoms with Gasteiger partial charge in [-0.1, -0.05) is 32.6 Å². The van der Waals surface area contributed by atoms with E-state index in [1.54, 1.807) is 0 Å². The molecule has 1 aliphatic heterocycles. The van der Waals surface area contributed by atoms with Crippen molar-refractivity contribution in [1.82, 2.24) is 10.2 Å². The lowest BCUT2D eigenvalue weighted by atomic mass is 9.99. The molecule has 1 saturated heterocycles. The van der Waals surface area contributed by atoms with Gasteiger partial charge < -0.3 is 5.32 Å². The highest BCUT2D eigenvalue weighted by atomic mass is 15.2. The standard InChI is InChI=1S/C16H30N2/c1-2-15-12-18(10-9-13-5-3-4-6-13)16(11-17-15)14-7-8-14/h13-17H,2-12H2,1H3. The molecule has 0 amide bonds. The van der Waals surface area contributed by atoms with E-state index in [2.05, 4.69) is 17.1 Å². The third-order valence-electron chi connectivity index (χ3n) is 5.50. The number of nitrogens with one attached hydrogen (secondary N) is 1. The van der Waals surface area contributed by atoms with E-state index in [4.69, 9.17) is 0 Å². The van der Waals surface area contributed by atoms with E-state index in [-0.39, 0.29) is 0 Å². The van der Waals surface area contributed by atoms with Gasteiger partial charge in [0.05, 0.1) is 0 Å². The molecular weight excluding hydrogens is 220 g/mol. The SMILES string of the molecule is CCC1CN(CCC2CCCC2)C(C2CC2)CN1. The summed E-state index contributed by atoms with van der Waals surface area (Å²) in [7, 11) is 0.